The molecule has 3 N–H and O–H groups in total. The van der Waals surface area contributed by atoms with E-state index in [1.54, 1.807) is 23.1 Å². The number of nitrogens with two attached hydrogens (primary N) is 1. The van der Waals surface area contributed by atoms with Crippen LogP contribution in [0.4, 0.5) is 0 Å². The molecular formula is C15H23N3O2. The first kappa shape index (κ1) is 16.2. The summed E-state index contributed by atoms with van der Waals surface area (Å²) in [5, 5.41) is 2.76. The quantitative estimate of drug-likeness (QED) is 0.784. The second-order valence-corrected chi connectivity index (χ2v) is 4.48. The Morgan fingerprint density at radius 3 is 2.55 bits per heavy atom. The first-order valence-corrected chi connectivity index (χ1v) is 6.97. The summed E-state index contributed by atoms with van der Waals surface area (Å²) < 4.78 is 0. The molecule has 0 aliphatic heterocycles. The van der Waals surface area contributed by atoms with Gasteiger partial charge in [-0.05, 0) is 31.5 Å². The third-order valence-corrected chi connectivity index (χ3v) is 3.17. The van der Waals surface area contributed by atoms with Gasteiger partial charge in [-0.1, -0.05) is 12.1 Å². The molecule has 20 heavy (non-hydrogen) atoms. The summed E-state index contributed by atoms with van der Waals surface area (Å²) in [5.74, 6) is -0.112. The zero-order chi connectivity index (χ0) is 15.0. The molecule has 0 saturated heterocycles. The van der Waals surface area contributed by atoms with Gasteiger partial charge in [-0.15, -0.1) is 0 Å². The summed E-state index contributed by atoms with van der Waals surface area (Å²) in [6, 6.07) is 7.18. The zero-order valence-corrected chi connectivity index (χ0v) is 12.2. The summed E-state index contributed by atoms with van der Waals surface area (Å²) >= 11 is 0. The van der Waals surface area contributed by atoms with E-state index in [-0.39, 0.29) is 11.8 Å². The van der Waals surface area contributed by atoms with E-state index in [2.05, 4.69) is 5.32 Å². The summed E-state index contributed by atoms with van der Waals surface area (Å²) in [4.78, 5) is 25.5. The number of hydrogen-bond acceptors (Lipinski definition) is 3. The largest absolute Gasteiger partial charge is 0.352 e. The van der Waals surface area contributed by atoms with Crippen LogP contribution in [-0.4, -0.2) is 36.3 Å². The van der Waals surface area contributed by atoms with Gasteiger partial charge in [-0.25, -0.2) is 0 Å². The highest BCUT2D eigenvalue weighted by Crippen LogP contribution is 2.04. The fourth-order valence-electron chi connectivity index (χ4n) is 1.96. The third-order valence-electron chi connectivity index (χ3n) is 3.17. The second kappa shape index (κ2) is 8.32. The van der Waals surface area contributed by atoms with Gasteiger partial charge in [0.1, 0.15) is 0 Å². The van der Waals surface area contributed by atoms with Crippen LogP contribution in [0.5, 0.6) is 0 Å². The Morgan fingerprint density at radius 2 is 1.95 bits per heavy atom. The molecule has 0 unspecified atom stereocenters. The van der Waals surface area contributed by atoms with Gasteiger partial charge in [0.05, 0.1) is 0 Å². The van der Waals surface area contributed by atoms with Crippen LogP contribution in [0.1, 0.15) is 36.2 Å². The topological polar surface area (TPSA) is 75.4 Å². The lowest BCUT2D eigenvalue weighted by Crippen LogP contribution is -2.34. The van der Waals surface area contributed by atoms with E-state index in [1.807, 2.05) is 19.9 Å². The molecule has 5 nitrogen and oxygen atoms in total. The maximum absolute atomic E-state index is 11.9. The van der Waals surface area contributed by atoms with Gasteiger partial charge in [0, 0.05) is 38.2 Å². The molecule has 1 aromatic rings. The normalized spacial score (nSPS) is 10.2. The molecular weight excluding hydrogens is 254 g/mol. The highest BCUT2D eigenvalue weighted by molar-refractivity contribution is 5.94. The first-order chi connectivity index (χ1) is 9.62. The first-order valence-electron chi connectivity index (χ1n) is 6.97. The van der Waals surface area contributed by atoms with Crippen LogP contribution in [0.25, 0.3) is 0 Å². The summed E-state index contributed by atoms with van der Waals surface area (Å²) in [6.45, 7) is 6.03. The number of nitrogens with one attached hydrogen (secondary N) is 1. The molecule has 0 aliphatic carbocycles. The maximum Gasteiger partial charge on any atom is 0.251 e. The third kappa shape index (κ3) is 4.66. The molecule has 110 valence electrons. The van der Waals surface area contributed by atoms with Crippen LogP contribution in [0.15, 0.2) is 24.3 Å². The monoisotopic (exact) mass is 277 g/mol. The number of carbonyl (C=O) groups is 2. The fourth-order valence-corrected chi connectivity index (χ4v) is 1.96. The van der Waals surface area contributed by atoms with Gasteiger partial charge in [0.25, 0.3) is 5.91 Å². The second-order valence-electron chi connectivity index (χ2n) is 4.48. The van der Waals surface area contributed by atoms with E-state index in [4.69, 9.17) is 5.73 Å². The maximum atomic E-state index is 11.9. The van der Waals surface area contributed by atoms with Crippen LogP contribution in [-0.2, 0) is 11.3 Å². The Labute approximate surface area is 120 Å². The average Bonchev–Trinajstić information content (AvgIpc) is 2.48. The molecule has 1 rings (SSSR count). The van der Waals surface area contributed by atoms with Crippen LogP contribution in [0, 0.1) is 0 Å². The molecule has 0 aliphatic rings. The minimum atomic E-state index is -0.173. The Hall–Kier alpha value is -1.88. The summed E-state index contributed by atoms with van der Waals surface area (Å²) in [6.07, 6.45) is 0.323. The lowest BCUT2D eigenvalue weighted by atomic mass is 10.1. The molecule has 0 fully saturated rings. The van der Waals surface area contributed by atoms with E-state index in [9.17, 15) is 9.59 Å². The van der Waals surface area contributed by atoms with E-state index < -0.39 is 0 Å². The van der Waals surface area contributed by atoms with E-state index in [1.165, 1.54) is 0 Å². The van der Waals surface area contributed by atoms with Crippen molar-refractivity contribution in [3.05, 3.63) is 35.4 Å². The molecule has 0 bridgehead atoms. The molecule has 0 spiro atoms. The number of nitrogens with zero attached hydrogens (tertiary/aromatic N) is 1. The molecule has 0 atom stereocenters. The number of rotatable bonds is 7. The smallest absolute Gasteiger partial charge is 0.251 e. The van der Waals surface area contributed by atoms with Gasteiger partial charge in [0.2, 0.25) is 5.91 Å². The van der Waals surface area contributed by atoms with Gasteiger partial charge < -0.3 is 16.0 Å². The van der Waals surface area contributed by atoms with Crippen molar-refractivity contribution in [1.29, 1.82) is 0 Å². The SMILES string of the molecule is CCN(CC)C(=O)CCNC(=O)c1cccc(CN)c1. The predicted octanol–water partition coefficient (Wildman–Crippen LogP) is 1.13. The van der Waals surface area contributed by atoms with E-state index in [0.29, 0.717) is 38.2 Å². The fraction of sp³-hybridized carbons (Fsp3) is 0.467. The Bertz CT molecular complexity index is 456. The van der Waals surface area contributed by atoms with Gasteiger partial charge in [-0.3, -0.25) is 9.59 Å². The lowest BCUT2D eigenvalue weighted by Gasteiger charge is -2.18. The van der Waals surface area contributed by atoms with Crippen LogP contribution in [0.3, 0.4) is 0 Å². The average molecular weight is 277 g/mol. The number of hydrogen-bond donors (Lipinski definition) is 2. The minimum Gasteiger partial charge on any atom is -0.352 e. The van der Waals surface area contributed by atoms with Crippen molar-refractivity contribution in [2.24, 2.45) is 5.73 Å². The molecule has 1 aromatic carbocycles. The number of amides is 2. The van der Waals surface area contributed by atoms with Crippen LogP contribution < -0.4 is 11.1 Å². The van der Waals surface area contributed by atoms with E-state index >= 15 is 0 Å². The van der Waals surface area contributed by atoms with Crippen molar-refractivity contribution in [3.8, 4) is 0 Å². The number of carbonyl (C=O) groups excluding carboxylic acids is 2. The molecule has 2 amide bonds. The van der Waals surface area contributed by atoms with Crippen molar-refractivity contribution >= 4 is 11.8 Å². The van der Waals surface area contributed by atoms with Crippen molar-refractivity contribution in [3.63, 3.8) is 0 Å². The molecule has 0 radical (unpaired) electrons. The van der Waals surface area contributed by atoms with Crippen molar-refractivity contribution < 1.29 is 9.59 Å². The van der Waals surface area contributed by atoms with Gasteiger partial charge >= 0.3 is 0 Å². The summed E-state index contributed by atoms with van der Waals surface area (Å²) in [5.41, 5.74) is 7.03. The Balaban J connectivity index is 2.45. The summed E-state index contributed by atoms with van der Waals surface area (Å²) in [7, 11) is 0. The van der Waals surface area contributed by atoms with Gasteiger partial charge in [-0.2, -0.15) is 0 Å². The van der Waals surface area contributed by atoms with Crippen molar-refractivity contribution in [2.75, 3.05) is 19.6 Å². The minimum absolute atomic E-state index is 0.0611. The van der Waals surface area contributed by atoms with Crippen LogP contribution in [0.2, 0.25) is 0 Å². The van der Waals surface area contributed by atoms with Crippen LogP contribution >= 0.6 is 0 Å². The lowest BCUT2D eigenvalue weighted by molar-refractivity contribution is -0.130. The highest BCUT2D eigenvalue weighted by atomic mass is 16.2. The zero-order valence-electron chi connectivity index (χ0n) is 12.2. The highest BCUT2D eigenvalue weighted by Gasteiger charge is 2.10. The van der Waals surface area contributed by atoms with Crippen molar-refractivity contribution in [2.45, 2.75) is 26.8 Å². The standard InChI is InChI=1S/C15H23N3O2/c1-3-18(4-2)14(19)8-9-17-15(20)13-7-5-6-12(10-13)11-16/h5-7,10H,3-4,8-9,11,16H2,1-2H3,(H,17,20). The predicted molar refractivity (Wildman–Crippen MR) is 79.2 cm³/mol. The Morgan fingerprint density at radius 1 is 1.25 bits per heavy atom. The molecule has 5 heteroatoms. The Kier molecular flexibility index (Phi) is 6.73. The molecule has 0 heterocycles. The van der Waals surface area contributed by atoms with Gasteiger partial charge in [0.15, 0.2) is 0 Å². The molecule has 0 aromatic heterocycles. The van der Waals surface area contributed by atoms with Crippen molar-refractivity contribution in [1.82, 2.24) is 10.2 Å². The molecule has 0 saturated carbocycles. The van der Waals surface area contributed by atoms with E-state index in [0.717, 1.165) is 5.56 Å². The number of benzene rings is 1.